The van der Waals surface area contributed by atoms with Crippen LogP contribution >= 0.6 is 0 Å². The third-order valence-corrected chi connectivity index (χ3v) is 3.83. The largest absolute Gasteiger partial charge is 0.505 e. The van der Waals surface area contributed by atoms with Crippen molar-refractivity contribution >= 4 is 11.3 Å². The average molecular weight is 339 g/mol. The van der Waals surface area contributed by atoms with E-state index in [1.54, 1.807) is 32.0 Å². The minimum absolute atomic E-state index is 0.182. The van der Waals surface area contributed by atoms with E-state index < -0.39 is 5.92 Å². The fourth-order valence-corrected chi connectivity index (χ4v) is 2.63. The maximum absolute atomic E-state index is 14.2. The van der Waals surface area contributed by atoms with E-state index in [0.29, 0.717) is 16.8 Å². The molecule has 1 aromatic carbocycles. The molecule has 0 radical (unpaired) electrons. The van der Waals surface area contributed by atoms with Crippen molar-refractivity contribution in [2.75, 3.05) is 0 Å². The van der Waals surface area contributed by atoms with Gasteiger partial charge in [0.2, 0.25) is 0 Å². The number of terminal acetylenes is 1. The molecule has 2 rings (SSSR count). The lowest BCUT2D eigenvalue weighted by Gasteiger charge is -2.20. The van der Waals surface area contributed by atoms with Crippen LogP contribution in [0.1, 0.15) is 41.8 Å². The predicted octanol–water partition coefficient (Wildman–Crippen LogP) is 5.49. The molecule has 0 bridgehead atoms. The quantitative estimate of drug-likeness (QED) is 0.454. The fourth-order valence-electron chi connectivity index (χ4n) is 2.63. The molecule has 0 amide bonds. The number of hydrogen-bond acceptors (Lipinski definition) is 2. The van der Waals surface area contributed by atoms with Gasteiger partial charge in [-0.2, -0.15) is 0 Å². The molecule has 1 aromatic heterocycles. The Kier molecular flexibility index (Phi) is 5.08. The number of aryl methyl sites for hydroxylation is 1. The van der Waals surface area contributed by atoms with Crippen molar-refractivity contribution in [3.8, 4) is 12.3 Å². The molecule has 0 unspecified atom stereocenters. The van der Waals surface area contributed by atoms with Crippen LogP contribution in [0, 0.1) is 19.3 Å². The lowest BCUT2D eigenvalue weighted by molar-refractivity contribution is 0.0172. The number of pyridine rings is 1. The number of hydrogen-bond donors (Lipinski definition) is 1. The van der Waals surface area contributed by atoms with E-state index in [9.17, 15) is 13.9 Å². The minimum atomic E-state index is -3.14. The molecule has 0 spiro atoms. The third kappa shape index (κ3) is 3.77. The molecule has 4 heteroatoms. The zero-order valence-electron chi connectivity index (χ0n) is 14.4. The second-order valence-electron chi connectivity index (χ2n) is 5.97. The topological polar surface area (TPSA) is 33.1 Å². The second-order valence-corrected chi connectivity index (χ2v) is 5.97. The van der Waals surface area contributed by atoms with E-state index in [-0.39, 0.29) is 22.5 Å². The summed E-state index contributed by atoms with van der Waals surface area (Å²) in [5, 5.41) is 10.8. The second kappa shape index (κ2) is 6.90. The van der Waals surface area contributed by atoms with E-state index in [0.717, 1.165) is 12.5 Å². The monoisotopic (exact) mass is 339 g/mol. The van der Waals surface area contributed by atoms with Crippen LogP contribution in [-0.4, -0.2) is 10.1 Å². The van der Waals surface area contributed by atoms with Gasteiger partial charge in [-0.15, -0.1) is 6.42 Å². The number of alkyl halides is 2. The van der Waals surface area contributed by atoms with Gasteiger partial charge in [0.15, 0.2) is 0 Å². The maximum Gasteiger partial charge on any atom is 0.271 e. The zero-order chi connectivity index (χ0) is 18.8. The summed E-state index contributed by atoms with van der Waals surface area (Å²) in [5.41, 5.74) is 1.98. The maximum atomic E-state index is 14.2. The molecule has 0 fully saturated rings. The van der Waals surface area contributed by atoms with Gasteiger partial charge in [0.05, 0.1) is 0 Å². The number of aromatic nitrogens is 1. The molecule has 0 aliphatic rings. The summed E-state index contributed by atoms with van der Waals surface area (Å²) in [6.07, 6.45) is 6.87. The van der Waals surface area contributed by atoms with Gasteiger partial charge in [0, 0.05) is 29.8 Å². The van der Waals surface area contributed by atoms with E-state index >= 15 is 0 Å². The van der Waals surface area contributed by atoms with E-state index in [1.165, 1.54) is 18.3 Å². The number of allylic oxidation sites excluding steroid dienone is 2. The van der Waals surface area contributed by atoms with Crippen LogP contribution in [0.25, 0.3) is 11.3 Å². The Balaban J connectivity index is 2.84. The van der Waals surface area contributed by atoms with Crippen LogP contribution in [0.4, 0.5) is 8.78 Å². The molecule has 25 heavy (non-hydrogen) atoms. The smallest absolute Gasteiger partial charge is 0.271 e. The van der Waals surface area contributed by atoms with Gasteiger partial charge >= 0.3 is 0 Å². The van der Waals surface area contributed by atoms with Gasteiger partial charge in [0.1, 0.15) is 11.5 Å². The van der Waals surface area contributed by atoms with Crippen molar-refractivity contribution in [3.63, 3.8) is 0 Å². The van der Waals surface area contributed by atoms with Crippen molar-refractivity contribution in [1.82, 2.24) is 4.98 Å². The van der Waals surface area contributed by atoms with E-state index in [4.69, 9.17) is 6.42 Å². The van der Waals surface area contributed by atoms with Crippen molar-refractivity contribution < 1.29 is 13.9 Å². The highest BCUT2D eigenvalue weighted by atomic mass is 19.3. The first-order valence-corrected chi connectivity index (χ1v) is 7.67. The number of halogens is 2. The molecule has 1 heterocycles. The molecule has 0 aliphatic heterocycles. The third-order valence-electron chi connectivity index (χ3n) is 3.83. The Morgan fingerprint density at radius 3 is 2.52 bits per heavy atom. The van der Waals surface area contributed by atoms with Crippen molar-refractivity contribution in [2.45, 2.75) is 26.7 Å². The molecule has 1 N–H and O–H groups in total. The summed E-state index contributed by atoms with van der Waals surface area (Å²) in [4.78, 5) is 4.16. The molecular formula is C21H19F2NO. The van der Waals surface area contributed by atoms with Crippen molar-refractivity contribution in [1.29, 1.82) is 0 Å². The fraction of sp³-hybridized carbons (Fsp3) is 0.190. The number of aliphatic hydroxyl groups is 1. The van der Waals surface area contributed by atoms with Gasteiger partial charge in [-0.25, -0.2) is 8.78 Å². The van der Waals surface area contributed by atoms with Crippen LogP contribution in [0.2, 0.25) is 0 Å². The van der Waals surface area contributed by atoms with Crippen LogP contribution in [0.5, 0.6) is 0 Å². The van der Waals surface area contributed by atoms with E-state index in [1.807, 2.05) is 0 Å². The standard InChI is InChI=1S/C21H19F2NO/c1-6-15-9-10-16(17(12-15)21(5,22)23)18(13(2)3)20(25)19-14(4)8-7-11-24-19/h1,7-12,25H,2H2,3-5H3/b20-18-. The van der Waals surface area contributed by atoms with Gasteiger partial charge in [0.25, 0.3) is 5.92 Å². The summed E-state index contributed by atoms with van der Waals surface area (Å²) >= 11 is 0. The summed E-state index contributed by atoms with van der Waals surface area (Å²) in [5.74, 6) is -0.969. The number of benzene rings is 1. The molecular weight excluding hydrogens is 320 g/mol. The molecule has 2 aromatic rings. The van der Waals surface area contributed by atoms with Gasteiger partial charge in [-0.3, -0.25) is 4.98 Å². The molecule has 0 aliphatic carbocycles. The molecule has 128 valence electrons. The zero-order valence-corrected chi connectivity index (χ0v) is 14.4. The molecule has 2 nitrogen and oxygen atoms in total. The van der Waals surface area contributed by atoms with Crippen molar-refractivity contribution in [3.05, 3.63) is 76.6 Å². The lowest BCUT2D eigenvalue weighted by Crippen LogP contribution is -2.12. The normalized spacial score (nSPS) is 12.3. The summed E-state index contributed by atoms with van der Waals surface area (Å²) < 4.78 is 28.4. The Morgan fingerprint density at radius 2 is 2.00 bits per heavy atom. The number of nitrogens with zero attached hydrogens (tertiary/aromatic N) is 1. The first-order valence-electron chi connectivity index (χ1n) is 7.67. The summed E-state index contributed by atoms with van der Waals surface area (Å²) in [6, 6.07) is 7.83. The van der Waals surface area contributed by atoms with Crippen LogP contribution in [0.3, 0.4) is 0 Å². The van der Waals surface area contributed by atoms with Crippen LogP contribution in [0.15, 0.2) is 48.7 Å². The minimum Gasteiger partial charge on any atom is -0.505 e. The first kappa shape index (κ1) is 18.4. The number of aliphatic hydroxyl groups excluding tert-OH is 1. The highest BCUT2D eigenvalue weighted by molar-refractivity contribution is 5.95. The predicted molar refractivity (Wildman–Crippen MR) is 97.2 cm³/mol. The Labute approximate surface area is 146 Å². The van der Waals surface area contributed by atoms with Crippen LogP contribution < -0.4 is 0 Å². The Hall–Kier alpha value is -2.93. The summed E-state index contributed by atoms with van der Waals surface area (Å²) in [7, 11) is 0. The van der Waals surface area contributed by atoms with Gasteiger partial charge < -0.3 is 5.11 Å². The molecule has 0 saturated carbocycles. The van der Waals surface area contributed by atoms with E-state index in [2.05, 4.69) is 17.5 Å². The summed E-state index contributed by atoms with van der Waals surface area (Å²) in [6.45, 7) is 8.07. The molecule has 0 atom stereocenters. The SMILES string of the molecule is C#Cc1ccc(/C(C(=C)C)=C(\O)c2ncccc2C)c(C(C)(F)F)c1. The number of rotatable bonds is 4. The Morgan fingerprint density at radius 1 is 1.32 bits per heavy atom. The lowest BCUT2D eigenvalue weighted by atomic mass is 9.89. The van der Waals surface area contributed by atoms with Gasteiger partial charge in [-0.05, 0) is 48.7 Å². The van der Waals surface area contributed by atoms with Gasteiger partial charge in [-0.1, -0.05) is 24.6 Å². The Bertz CT molecular complexity index is 899. The highest BCUT2D eigenvalue weighted by Crippen LogP contribution is 2.38. The average Bonchev–Trinajstić information content (AvgIpc) is 2.54. The van der Waals surface area contributed by atoms with Crippen LogP contribution in [-0.2, 0) is 5.92 Å². The molecule has 0 saturated heterocycles. The van der Waals surface area contributed by atoms with Crippen molar-refractivity contribution in [2.24, 2.45) is 0 Å². The highest BCUT2D eigenvalue weighted by Gasteiger charge is 2.30. The first-order chi connectivity index (χ1) is 11.7.